The summed E-state index contributed by atoms with van der Waals surface area (Å²) in [5.41, 5.74) is -0.106. The van der Waals surface area contributed by atoms with Gasteiger partial charge in [-0.1, -0.05) is 5.16 Å². The molecule has 0 unspecified atom stereocenters. The SMILES string of the molecule is Cc1noc(COc2c(F)cc(C=O)cc2F)n1. The number of benzene rings is 1. The molecule has 94 valence electrons. The third-order valence-electron chi connectivity index (χ3n) is 2.07. The lowest BCUT2D eigenvalue weighted by atomic mass is 10.2. The molecule has 1 aromatic heterocycles. The minimum absolute atomic E-state index is 0.103. The minimum Gasteiger partial charge on any atom is -0.478 e. The topological polar surface area (TPSA) is 65.2 Å². The van der Waals surface area contributed by atoms with Gasteiger partial charge in [0.25, 0.3) is 5.89 Å². The minimum atomic E-state index is -0.965. The number of aromatic nitrogens is 2. The van der Waals surface area contributed by atoms with Gasteiger partial charge in [0, 0.05) is 5.56 Å². The van der Waals surface area contributed by atoms with E-state index in [2.05, 4.69) is 10.1 Å². The average molecular weight is 254 g/mol. The summed E-state index contributed by atoms with van der Waals surface area (Å²) in [6.45, 7) is 1.35. The molecule has 2 aromatic rings. The number of carbonyl (C=O) groups excluding carboxylic acids is 1. The van der Waals surface area contributed by atoms with Crippen LogP contribution in [0.3, 0.4) is 0 Å². The fourth-order valence-corrected chi connectivity index (χ4v) is 1.32. The lowest BCUT2D eigenvalue weighted by Crippen LogP contribution is -2.01. The second kappa shape index (κ2) is 4.91. The number of aldehydes is 1. The molecule has 0 amide bonds. The Morgan fingerprint density at radius 1 is 1.39 bits per heavy atom. The van der Waals surface area contributed by atoms with E-state index in [-0.39, 0.29) is 18.1 Å². The summed E-state index contributed by atoms with van der Waals surface area (Å²) in [5, 5.41) is 3.50. The molecular weight excluding hydrogens is 246 g/mol. The molecule has 0 spiro atoms. The number of aryl methyl sites for hydroxylation is 1. The second-order valence-electron chi connectivity index (χ2n) is 3.46. The van der Waals surface area contributed by atoms with Crippen LogP contribution in [0.5, 0.6) is 5.75 Å². The highest BCUT2D eigenvalue weighted by Gasteiger charge is 2.14. The number of halogens is 2. The van der Waals surface area contributed by atoms with Gasteiger partial charge < -0.3 is 9.26 Å². The van der Waals surface area contributed by atoms with Gasteiger partial charge in [0.2, 0.25) is 0 Å². The highest BCUT2D eigenvalue weighted by molar-refractivity contribution is 5.75. The average Bonchev–Trinajstić information content (AvgIpc) is 2.73. The molecule has 2 rings (SSSR count). The van der Waals surface area contributed by atoms with E-state index in [4.69, 9.17) is 9.26 Å². The van der Waals surface area contributed by atoms with Crippen LogP contribution in [0.4, 0.5) is 8.78 Å². The molecule has 5 nitrogen and oxygen atoms in total. The predicted molar refractivity (Wildman–Crippen MR) is 55.1 cm³/mol. The van der Waals surface area contributed by atoms with Crippen molar-refractivity contribution in [2.24, 2.45) is 0 Å². The third-order valence-corrected chi connectivity index (χ3v) is 2.07. The maximum atomic E-state index is 13.4. The van der Waals surface area contributed by atoms with Crippen LogP contribution in [0.25, 0.3) is 0 Å². The number of nitrogens with zero attached hydrogens (tertiary/aromatic N) is 2. The van der Waals surface area contributed by atoms with Crippen molar-refractivity contribution in [3.8, 4) is 5.75 Å². The lowest BCUT2D eigenvalue weighted by Gasteiger charge is -2.06. The van der Waals surface area contributed by atoms with Gasteiger partial charge in [-0.05, 0) is 19.1 Å². The summed E-state index contributed by atoms with van der Waals surface area (Å²) in [6, 6.07) is 1.76. The second-order valence-corrected chi connectivity index (χ2v) is 3.46. The molecule has 7 heteroatoms. The molecule has 1 heterocycles. The van der Waals surface area contributed by atoms with Crippen LogP contribution in [0.15, 0.2) is 16.7 Å². The molecule has 1 aromatic carbocycles. The third kappa shape index (κ3) is 2.50. The summed E-state index contributed by atoms with van der Waals surface area (Å²) in [7, 11) is 0. The van der Waals surface area contributed by atoms with Gasteiger partial charge in [0.15, 0.2) is 29.8 Å². The molecule has 0 aliphatic carbocycles. The summed E-state index contributed by atoms with van der Waals surface area (Å²) < 4.78 is 36.5. The van der Waals surface area contributed by atoms with Crippen LogP contribution in [-0.4, -0.2) is 16.4 Å². The molecule has 0 saturated heterocycles. The first kappa shape index (κ1) is 12.2. The smallest absolute Gasteiger partial charge is 0.264 e. The Morgan fingerprint density at radius 3 is 2.56 bits per heavy atom. The van der Waals surface area contributed by atoms with E-state index in [0.717, 1.165) is 12.1 Å². The van der Waals surface area contributed by atoms with Gasteiger partial charge >= 0.3 is 0 Å². The molecule has 0 saturated carbocycles. The van der Waals surface area contributed by atoms with Gasteiger partial charge in [0.1, 0.15) is 6.29 Å². The standard InChI is InChI=1S/C11H8F2N2O3/c1-6-14-10(18-15-6)5-17-11-8(12)2-7(4-16)3-9(11)13/h2-4H,5H2,1H3. The molecule has 18 heavy (non-hydrogen) atoms. The monoisotopic (exact) mass is 254 g/mol. The number of hydrogen-bond donors (Lipinski definition) is 0. The maximum Gasteiger partial charge on any atom is 0.264 e. The number of rotatable bonds is 4. The fraction of sp³-hybridized carbons (Fsp3) is 0.182. The van der Waals surface area contributed by atoms with E-state index in [1.54, 1.807) is 6.92 Å². The molecule has 0 bridgehead atoms. The van der Waals surface area contributed by atoms with Crippen LogP contribution in [0.2, 0.25) is 0 Å². The van der Waals surface area contributed by atoms with E-state index >= 15 is 0 Å². The zero-order valence-corrected chi connectivity index (χ0v) is 9.31. The zero-order chi connectivity index (χ0) is 13.1. The van der Waals surface area contributed by atoms with Crippen molar-refractivity contribution < 1.29 is 22.8 Å². The van der Waals surface area contributed by atoms with Gasteiger partial charge in [-0.15, -0.1) is 0 Å². The summed E-state index contributed by atoms with van der Waals surface area (Å²) in [6.07, 6.45) is 0.345. The van der Waals surface area contributed by atoms with E-state index < -0.39 is 17.4 Å². The van der Waals surface area contributed by atoms with Crippen molar-refractivity contribution >= 4 is 6.29 Å². The summed E-state index contributed by atoms with van der Waals surface area (Å²) >= 11 is 0. The van der Waals surface area contributed by atoms with Crippen LogP contribution in [-0.2, 0) is 6.61 Å². The predicted octanol–water partition coefficient (Wildman–Crippen LogP) is 2.05. The van der Waals surface area contributed by atoms with Crippen LogP contribution in [0, 0.1) is 18.6 Å². The Bertz CT molecular complexity index is 560. The van der Waals surface area contributed by atoms with Crippen molar-refractivity contribution in [2.75, 3.05) is 0 Å². The first-order valence-electron chi connectivity index (χ1n) is 4.96. The molecule has 0 aliphatic heterocycles. The number of ether oxygens (including phenoxy) is 1. The maximum absolute atomic E-state index is 13.4. The van der Waals surface area contributed by atoms with Gasteiger partial charge in [-0.2, -0.15) is 4.98 Å². The van der Waals surface area contributed by atoms with Crippen molar-refractivity contribution in [3.05, 3.63) is 41.0 Å². The molecule has 0 N–H and O–H groups in total. The first-order chi connectivity index (χ1) is 8.60. The van der Waals surface area contributed by atoms with Crippen molar-refractivity contribution in [2.45, 2.75) is 13.5 Å². The van der Waals surface area contributed by atoms with Crippen LogP contribution >= 0.6 is 0 Å². The van der Waals surface area contributed by atoms with E-state index in [9.17, 15) is 13.6 Å². The van der Waals surface area contributed by atoms with Gasteiger partial charge in [-0.3, -0.25) is 4.79 Å². The normalized spacial score (nSPS) is 10.4. The Morgan fingerprint density at radius 2 is 2.06 bits per heavy atom. The molecule has 0 fully saturated rings. The number of carbonyl (C=O) groups is 1. The number of hydrogen-bond acceptors (Lipinski definition) is 5. The van der Waals surface area contributed by atoms with Crippen molar-refractivity contribution in [3.63, 3.8) is 0 Å². The Balaban J connectivity index is 2.16. The Hall–Kier alpha value is -2.31. The highest BCUT2D eigenvalue weighted by atomic mass is 19.1. The van der Waals surface area contributed by atoms with Crippen LogP contribution in [0.1, 0.15) is 22.1 Å². The Kier molecular flexibility index (Phi) is 3.31. The highest BCUT2D eigenvalue weighted by Crippen LogP contribution is 2.23. The van der Waals surface area contributed by atoms with E-state index in [1.165, 1.54) is 0 Å². The van der Waals surface area contributed by atoms with Crippen LogP contribution < -0.4 is 4.74 Å². The lowest BCUT2D eigenvalue weighted by molar-refractivity contribution is 0.112. The fourth-order valence-electron chi connectivity index (χ4n) is 1.32. The largest absolute Gasteiger partial charge is 0.478 e. The summed E-state index contributed by atoms with van der Waals surface area (Å²) in [4.78, 5) is 14.2. The Labute approximate surface area is 100 Å². The molecule has 0 aliphatic rings. The first-order valence-corrected chi connectivity index (χ1v) is 4.96. The van der Waals surface area contributed by atoms with Gasteiger partial charge in [0.05, 0.1) is 0 Å². The summed E-state index contributed by atoms with van der Waals surface area (Å²) in [5.74, 6) is -2.02. The van der Waals surface area contributed by atoms with Gasteiger partial charge in [-0.25, -0.2) is 8.78 Å². The molecule has 0 radical (unpaired) electrons. The van der Waals surface area contributed by atoms with E-state index in [0.29, 0.717) is 12.1 Å². The van der Waals surface area contributed by atoms with Crippen molar-refractivity contribution in [1.29, 1.82) is 0 Å². The quantitative estimate of drug-likeness (QED) is 0.781. The zero-order valence-electron chi connectivity index (χ0n) is 9.31. The van der Waals surface area contributed by atoms with Crippen molar-refractivity contribution in [1.82, 2.24) is 10.1 Å². The van der Waals surface area contributed by atoms with E-state index in [1.807, 2.05) is 0 Å². The molecular formula is C11H8F2N2O3. The molecule has 0 atom stereocenters.